The number of nitrogens with one attached hydrogen (secondary N) is 2. The highest BCUT2D eigenvalue weighted by Crippen LogP contribution is 2.62. The van der Waals surface area contributed by atoms with Crippen LogP contribution in [0.5, 0.6) is 0 Å². The predicted octanol–water partition coefficient (Wildman–Crippen LogP) is 2.18. The van der Waals surface area contributed by atoms with Gasteiger partial charge in [0.2, 0.25) is 15.9 Å². The summed E-state index contributed by atoms with van der Waals surface area (Å²) in [5, 5.41) is 14.0. The Morgan fingerprint density at radius 1 is 1.15 bits per heavy atom. The van der Waals surface area contributed by atoms with Gasteiger partial charge in [-0.2, -0.15) is 0 Å². The Labute approximate surface area is 202 Å². The maximum absolute atomic E-state index is 12.9. The van der Waals surface area contributed by atoms with E-state index in [4.69, 9.17) is 9.47 Å². The molecule has 7 atom stereocenters. The minimum atomic E-state index is -3.32. The summed E-state index contributed by atoms with van der Waals surface area (Å²) in [6, 6.07) is 9.82. The van der Waals surface area contributed by atoms with Crippen LogP contribution in [0.25, 0.3) is 0 Å². The van der Waals surface area contributed by atoms with Crippen LogP contribution in [0.4, 0.5) is 0 Å². The van der Waals surface area contributed by atoms with Crippen LogP contribution in [0.15, 0.2) is 30.3 Å². The van der Waals surface area contributed by atoms with E-state index in [2.05, 4.69) is 23.9 Å². The number of benzene rings is 1. The van der Waals surface area contributed by atoms with Crippen molar-refractivity contribution in [2.24, 2.45) is 22.7 Å². The van der Waals surface area contributed by atoms with Gasteiger partial charge in [-0.05, 0) is 48.5 Å². The van der Waals surface area contributed by atoms with Gasteiger partial charge in [-0.15, -0.1) is 0 Å². The Balaban J connectivity index is 1.43. The van der Waals surface area contributed by atoms with Gasteiger partial charge in [0.15, 0.2) is 6.29 Å². The third-order valence-corrected chi connectivity index (χ3v) is 9.17. The van der Waals surface area contributed by atoms with Crippen LogP contribution in [0.1, 0.15) is 51.5 Å². The molecular formula is C25H38N2O6S. The molecule has 1 aliphatic heterocycles. The van der Waals surface area contributed by atoms with E-state index in [0.29, 0.717) is 26.0 Å². The minimum absolute atomic E-state index is 0.0369. The maximum Gasteiger partial charge on any atom is 0.220 e. The fraction of sp³-hybridized carbons (Fsp3) is 0.720. The molecule has 3 aliphatic rings. The van der Waals surface area contributed by atoms with E-state index in [9.17, 15) is 18.3 Å². The number of hydrogen-bond acceptors (Lipinski definition) is 6. The maximum atomic E-state index is 12.9. The van der Waals surface area contributed by atoms with E-state index in [-0.39, 0.29) is 41.2 Å². The molecule has 1 aromatic carbocycles. The summed E-state index contributed by atoms with van der Waals surface area (Å²) in [5.74, 6) is 0.0624. The van der Waals surface area contributed by atoms with Crippen molar-refractivity contribution in [1.29, 1.82) is 0 Å². The van der Waals surface area contributed by atoms with Gasteiger partial charge in [-0.25, -0.2) is 13.1 Å². The highest BCUT2D eigenvalue weighted by Gasteiger charge is 2.61. The van der Waals surface area contributed by atoms with E-state index in [1.54, 1.807) is 0 Å². The summed E-state index contributed by atoms with van der Waals surface area (Å²) < 4.78 is 37.6. The lowest BCUT2D eigenvalue weighted by Gasteiger charge is -2.63. The van der Waals surface area contributed by atoms with E-state index < -0.39 is 22.4 Å². The Morgan fingerprint density at radius 2 is 1.88 bits per heavy atom. The summed E-state index contributed by atoms with van der Waals surface area (Å²) in [4.78, 5) is 12.9. The number of aliphatic hydroxyl groups excluding tert-OH is 1. The molecule has 4 rings (SSSR count). The Hall–Kier alpha value is -1.52. The van der Waals surface area contributed by atoms with E-state index in [1.165, 1.54) is 0 Å². The zero-order valence-corrected chi connectivity index (χ0v) is 21.1. The van der Waals surface area contributed by atoms with Crippen LogP contribution in [0.3, 0.4) is 0 Å². The van der Waals surface area contributed by atoms with E-state index in [0.717, 1.165) is 31.1 Å². The van der Waals surface area contributed by atoms with Crippen molar-refractivity contribution in [2.45, 2.75) is 71.0 Å². The summed E-state index contributed by atoms with van der Waals surface area (Å²) in [6.45, 7) is 5.44. The SMILES string of the molecule is C[C@@]12CO[C@@H](CNS(C)(=O)=O)O[C@@H]1CC[C@]1(C)[C@@H]2CC[C@@H](O)[C@H]1CC(=O)NCc1ccccc1. The molecule has 1 amide bonds. The molecule has 0 bridgehead atoms. The molecule has 1 heterocycles. The zero-order chi connectivity index (χ0) is 24.6. The molecule has 0 unspecified atom stereocenters. The van der Waals surface area contributed by atoms with Gasteiger partial charge in [0.25, 0.3) is 0 Å². The third kappa shape index (κ3) is 5.33. The molecule has 1 aromatic rings. The summed E-state index contributed by atoms with van der Waals surface area (Å²) >= 11 is 0. The molecule has 3 fully saturated rings. The molecule has 0 radical (unpaired) electrons. The fourth-order valence-corrected chi connectivity index (χ4v) is 7.12. The monoisotopic (exact) mass is 494 g/mol. The van der Waals surface area contributed by atoms with Crippen LogP contribution in [-0.2, 0) is 30.8 Å². The average molecular weight is 495 g/mol. The molecule has 34 heavy (non-hydrogen) atoms. The third-order valence-electron chi connectivity index (χ3n) is 8.48. The largest absolute Gasteiger partial charge is 0.393 e. The van der Waals surface area contributed by atoms with Crippen LogP contribution in [-0.4, -0.2) is 57.3 Å². The molecule has 0 spiro atoms. The van der Waals surface area contributed by atoms with Gasteiger partial charge < -0.3 is 19.9 Å². The van der Waals surface area contributed by atoms with E-state index in [1.807, 2.05) is 30.3 Å². The van der Waals surface area contributed by atoms with Crippen molar-refractivity contribution in [3.8, 4) is 0 Å². The first-order chi connectivity index (χ1) is 16.0. The molecule has 3 N–H and O–H groups in total. The quantitative estimate of drug-likeness (QED) is 0.535. The summed E-state index contributed by atoms with van der Waals surface area (Å²) in [5.41, 5.74) is 0.582. The smallest absolute Gasteiger partial charge is 0.220 e. The van der Waals surface area contributed by atoms with Crippen molar-refractivity contribution in [2.75, 3.05) is 19.4 Å². The van der Waals surface area contributed by atoms with Crippen molar-refractivity contribution in [3.05, 3.63) is 35.9 Å². The van der Waals surface area contributed by atoms with E-state index >= 15 is 0 Å². The fourth-order valence-electron chi connectivity index (χ4n) is 6.68. The Kier molecular flexibility index (Phi) is 7.41. The van der Waals surface area contributed by atoms with Gasteiger partial charge >= 0.3 is 0 Å². The van der Waals surface area contributed by atoms with Crippen molar-refractivity contribution in [3.63, 3.8) is 0 Å². The first kappa shape index (κ1) is 25.6. The van der Waals surface area contributed by atoms with Gasteiger partial charge in [0.05, 0.1) is 31.6 Å². The molecular weight excluding hydrogens is 456 g/mol. The molecule has 190 valence electrons. The Morgan fingerprint density at radius 3 is 2.59 bits per heavy atom. The number of rotatable bonds is 7. The molecule has 9 heteroatoms. The van der Waals surface area contributed by atoms with Crippen molar-refractivity contribution < 1.29 is 27.8 Å². The number of hydrogen-bond donors (Lipinski definition) is 3. The molecule has 1 saturated heterocycles. The lowest BCUT2D eigenvalue weighted by Crippen LogP contribution is -2.63. The standard InChI is InChI=1S/C25H38N2O6S/c1-24-12-11-21-25(2,16-32-23(33-21)15-27-34(3,30)31)20(24)10-9-19(28)18(24)13-22(29)26-14-17-7-5-4-6-8-17/h4-8,18-21,23,27-28H,9-16H2,1-3H3,(H,26,29)/t18-,19-,20+,21-,23-,24+,25+/m1/s1. The van der Waals surface area contributed by atoms with Crippen LogP contribution >= 0.6 is 0 Å². The molecule has 8 nitrogen and oxygen atoms in total. The second-order valence-electron chi connectivity index (χ2n) is 10.8. The number of carbonyl (C=O) groups excluding carboxylic acids is 1. The second kappa shape index (κ2) is 9.85. The number of amides is 1. The Bertz CT molecular complexity index is 973. The molecule has 2 aliphatic carbocycles. The van der Waals surface area contributed by atoms with Crippen LogP contribution in [0.2, 0.25) is 0 Å². The highest BCUT2D eigenvalue weighted by molar-refractivity contribution is 7.88. The first-order valence-corrected chi connectivity index (χ1v) is 14.1. The number of fused-ring (bicyclic) bond motifs is 3. The number of carbonyl (C=O) groups is 1. The van der Waals surface area contributed by atoms with Gasteiger partial charge in [-0.3, -0.25) is 4.79 Å². The van der Waals surface area contributed by atoms with Crippen molar-refractivity contribution >= 4 is 15.9 Å². The topological polar surface area (TPSA) is 114 Å². The minimum Gasteiger partial charge on any atom is -0.393 e. The second-order valence-corrected chi connectivity index (χ2v) is 12.6. The number of ether oxygens (including phenoxy) is 2. The average Bonchev–Trinajstić information content (AvgIpc) is 2.79. The van der Waals surface area contributed by atoms with Gasteiger partial charge in [0, 0.05) is 18.4 Å². The highest BCUT2D eigenvalue weighted by atomic mass is 32.2. The zero-order valence-electron chi connectivity index (χ0n) is 20.3. The summed E-state index contributed by atoms with van der Waals surface area (Å²) in [7, 11) is -3.32. The van der Waals surface area contributed by atoms with Gasteiger partial charge in [0.1, 0.15) is 0 Å². The molecule has 2 saturated carbocycles. The lowest BCUT2D eigenvalue weighted by molar-refractivity contribution is -0.305. The first-order valence-electron chi connectivity index (χ1n) is 12.2. The number of aliphatic hydroxyl groups is 1. The van der Waals surface area contributed by atoms with Crippen LogP contribution in [0, 0.1) is 22.7 Å². The predicted molar refractivity (Wildman–Crippen MR) is 128 cm³/mol. The summed E-state index contributed by atoms with van der Waals surface area (Å²) in [6.07, 6.45) is 3.39. The molecule has 0 aromatic heterocycles. The normalized spacial score (nSPS) is 37.9. The van der Waals surface area contributed by atoms with Crippen molar-refractivity contribution in [1.82, 2.24) is 10.0 Å². The van der Waals surface area contributed by atoms with Crippen LogP contribution < -0.4 is 10.0 Å². The number of sulfonamides is 1. The lowest BCUT2D eigenvalue weighted by atomic mass is 9.46. The van der Waals surface area contributed by atoms with Gasteiger partial charge in [-0.1, -0.05) is 44.2 Å².